The monoisotopic (exact) mass is 546 g/mol. The zero-order valence-corrected chi connectivity index (χ0v) is 22.5. The van der Waals surface area contributed by atoms with E-state index in [2.05, 4.69) is 4.98 Å². The summed E-state index contributed by atoms with van der Waals surface area (Å²) in [6.45, 7) is 0.198. The molecule has 3 fully saturated rings. The molecule has 2 amide bonds. The largest absolute Gasteiger partial charge is 0.505 e. The summed E-state index contributed by atoms with van der Waals surface area (Å²) in [5.41, 5.74) is 4.05. The van der Waals surface area contributed by atoms with Crippen LogP contribution in [0, 0.1) is 23.6 Å². The Labute approximate surface area is 233 Å². The molecular formula is C32H35FN2O5. The van der Waals surface area contributed by atoms with Crippen LogP contribution in [-0.4, -0.2) is 57.3 Å². The van der Waals surface area contributed by atoms with Crippen molar-refractivity contribution in [3.63, 3.8) is 0 Å². The second-order valence-corrected chi connectivity index (χ2v) is 11.5. The fourth-order valence-corrected chi connectivity index (χ4v) is 7.27. The minimum atomic E-state index is -0.691. The molecule has 1 aromatic heterocycles. The number of carbonyl (C=O) groups is 2. The summed E-state index contributed by atoms with van der Waals surface area (Å²) in [7, 11) is 0. The molecule has 2 aliphatic carbocycles. The molecule has 6 rings (SSSR count). The highest BCUT2D eigenvalue weighted by atomic mass is 19.1. The predicted molar refractivity (Wildman–Crippen MR) is 147 cm³/mol. The van der Waals surface area contributed by atoms with Gasteiger partial charge in [0.05, 0.1) is 36.8 Å². The maximum Gasteiger partial charge on any atom is 0.234 e. The Morgan fingerprint density at radius 1 is 1.10 bits per heavy atom. The number of amides is 2. The number of likely N-dealkylation sites (tertiary alicyclic amines) is 1. The molecule has 0 unspecified atom stereocenters. The van der Waals surface area contributed by atoms with Gasteiger partial charge >= 0.3 is 0 Å². The highest BCUT2D eigenvalue weighted by Gasteiger charge is 2.58. The van der Waals surface area contributed by atoms with Crippen molar-refractivity contribution in [2.24, 2.45) is 17.8 Å². The molecular weight excluding hydrogens is 511 g/mol. The van der Waals surface area contributed by atoms with Gasteiger partial charge in [0, 0.05) is 18.2 Å². The van der Waals surface area contributed by atoms with Gasteiger partial charge in [-0.2, -0.15) is 0 Å². The fraction of sp³-hybridized carbons (Fsp3) is 0.469. The summed E-state index contributed by atoms with van der Waals surface area (Å²) in [5, 5.41) is 19.9. The summed E-state index contributed by atoms with van der Waals surface area (Å²) in [4.78, 5) is 33.2. The lowest BCUT2D eigenvalue weighted by atomic mass is 9.69. The zero-order valence-electron chi connectivity index (χ0n) is 22.5. The maximum atomic E-state index is 14.0. The number of ether oxygens (including phenoxy) is 1. The van der Waals surface area contributed by atoms with E-state index < -0.39 is 23.4 Å². The maximum absolute atomic E-state index is 14.0. The van der Waals surface area contributed by atoms with Crippen LogP contribution in [0.25, 0.3) is 11.6 Å². The first kappa shape index (κ1) is 26.8. The Balaban J connectivity index is 1.25. The third-order valence-electron chi connectivity index (χ3n) is 9.16. The number of rotatable bonds is 7. The van der Waals surface area contributed by atoms with Gasteiger partial charge in [-0.25, -0.2) is 4.39 Å². The van der Waals surface area contributed by atoms with Crippen LogP contribution < -0.4 is 0 Å². The minimum Gasteiger partial charge on any atom is -0.505 e. The van der Waals surface area contributed by atoms with Gasteiger partial charge in [0.1, 0.15) is 0 Å². The predicted octanol–water partition coefficient (Wildman–Crippen LogP) is 4.89. The van der Waals surface area contributed by atoms with E-state index in [9.17, 15) is 24.2 Å². The molecule has 3 heterocycles. The number of phenols is 1. The smallest absolute Gasteiger partial charge is 0.234 e. The topological polar surface area (TPSA) is 100.0 Å². The van der Waals surface area contributed by atoms with E-state index in [1.165, 1.54) is 12.1 Å². The Hall–Kier alpha value is -3.36. The van der Waals surface area contributed by atoms with Crippen LogP contribution in [0.2, 0.25) is 0 Å². The van der Waals surface area contributed by atoms with Crippen LogP contribution in [0.5, 0.6) is 5.75 Å². The molecule has 7 nitrogen and oxygen atoms in total. The zero-order chi connectivity index (χ0) is 27.8. The first-order valence-electron chi connectivity index (χ1n) is 14.4. The van der Waals surface area contributed by atoms with Gasteiger partial charge in [0.15, 0.2) is 11.6 Å². The number of aromatic nitrogens is 1. The molecule has 40 heavy (non-hydrogen) atoms. The third-order valence-corrected chi connectivity index (χ3v) is 9.16. The second kappa shape index (κ2) is 11.3. The van der Waals surface area contributed by atoms with Crippen molar-refractivity contribution in [1.82, 2.24) is 9.88 Å². The number of benzene rings is 1. The number of fused-ring (bicyclic) bond motifs is 3. The summed E-state index contributed by atoms with van der Waals surface area (Å²) in [6, 6.07) is 9.88. The Bertz CT molecular complexity index is 1350. The van der Waals surface area contributed by atoms with Crippen molar-refractivity contribution in [2.45, 2.75) is 63.5 Å². The molecule has 0 bridgehead atoms. The van der Waals surface area contributed by atoms with Crippen molar-refractivity contribution in [3.8, 4) is 5.75 Å². The van der Waals surface area contributed by atoms with Gasteiger partial charge in [-0.05, 0) is 84.7 Å². The van der Waals surface area contributed by atoms with Gasteiger partial charge in [-0.15, -0.1) is 0 Å². The number of hydrogen-bond donors (Lipinski definition) is 2. The molecule has 1 saturated carbocycles. The quantitative estimate of drug-likeness (QED) is 0.379. The highest BCUT2D eigenvalue weighted by molar-refractivity contribution is 6.06. The standard InChI is InChI=1S/C32H35FN2O5/c33-25-15-19(9-11-27(25)37)14-20(26-8-4-5-13-34-26)10-12-28-29-21(17-36)16-23-30(24(29)18-40-28)32(39)35(31(23)38)22-6-2-1-3-7-22/h4-5,8-9,11,13-15,22-24,28,30,36-37H,1-3,6-7,10,12,16-18H2/b20-14-/t23-,24+,28-,30-/m1/s1. The van der Waals surface area contributed by atoms with Crippen LogP contribution in [0.1, 0.15) is 62.6 Å². The van der Waals surface area contributed by atoms with Crippen LogP contribution in [0.15, 0.2) is 53.7 Å². The molecule has 1 aromatic carbocycles. The number of pyridine rings is 1. The number of aromatic hydroxyl groups is 1. The molecule has 2 aliphatic heterocycles. The Morgan fingerprint density at radius 2 is 1.93 bits per heavy atom. The average Bonchev–Trinajstić information content (AvgIpc) is 3.51. The molecule has 0 spiro atoms. The van der Waals surface area contributed by atoms with Gasteiger partial charge in [0.25, 0.3) is 0 Å². The normalized spacial score (nSPS) is 27.4. The minimum absolute atomic E-state index is 0.00528. The number of imide groups is 1. The summed E-state index contributed by atoms with van der Waals surface area (Å²) in [6.07, 6.45) is 9.81. The number of aliphatic hydroxyl groups is 1. The van der Waals surface area contributed by atoms with E-state index in [0.29, 0.717) is 31.4 Å². The average molecular weight is 547 g/mol. The molecule has 2 N–H and O–H groups in total. The SMILES string of the molecule is O=C1[C@@H]2[C@@H](CC(CO)=C3[C@@H](CC/C(=C/c4ccc(O)c(F)c4)c4ccccn4)OC[C@@H]32)C(=O)N1C1CCCCC1. The van der Waals surface area contributed by atoms with Crippen LogP contribution in [0.3, 0.4) is 0 Å². The Morgan fingerprint density at radius 3 is 2.65 bits per heavy atom. The van der Waals surface area contributed by atoms with Crippen LogP contribution in [0.4, 0.5) is 4.39 Å². The first-order chi connectivity index (χ1) is 19.5. The van der Waals surface area contributed by atoms with Crippen molar-refractivity contribution in [1.29, 1.82) is 0 Å². The lowest BCUT2D eigenvalue weighted by molar-refractivity contribution is -0.143. The molecule has 2 aromatic rings. The highest BCUT2D eigenvalue weighted by Crippen LogP contribution is 2.50. The van der Waals surface area contributed by atoms with Crippen molar-refractivity contribution in [3.05, 3.63) is 70.8 Å². The van der Waals surface area contributed by atoms with Gasteiger partial charge in [-0.3, -0.25) is 19.5 Å². The number of hydrogen-bond acceptors (Lipinski definition) is 6. The van der Waals surface area contributed by atoms with Crippen molar-refractivity contribution in [2.75, 3.05) is 13.2 Å². The number of carbonyl (C=O) groups excluding carboxylic acids is 2. The van der Waals surface area contributed by atoms with Crippen molar-refractivity contribution < 1.29 is 28.9 Å². The lowest BCUT2D eigenvalue weighted by Crippen LogP contribution is -2.42. The number of allylic oxidation sites excluding steroid dienone is 1. The van der Waals surface area contributed by atoms with Gasteiger partial charge < -0.3 is 14.9 Å². The van der Waals surface area contributed by atoms with Gasteiger partial charge in [-0.1, -0.05) is 31.4 Å². The molecule has 0 radical (unpaired) electrons. The van der Waals surface area contributed by atoms with Crippen LogP contribution in [-0.2, 0) is 14.3 Å². The van der Waals surface area contributed by atoms with Crippen LogP contribution >= 0.6 is 0 Å². The molecule has 2 saturated heterocycles. The van der Waals surface area contributed by atoms with E-state index in [-0.39, 0.29) is 36.5 Å². The van der Waals surface area contributed by atoms with E-state index >= 15 is 0 Å². The summed E-state index contributed by atoms with van der Waals surface area (Å²) < 4.78 is 20.3. The summed E-state index contributed by atoms with van der Waals surface area (Å²) >= 11 is 0. The Kier molecular flexibility index (Phi) is 7.55. The second-order valence-electron chi connectivity index (χ2n) is 11.5. The molecule has 4 aliphatic rings. The molecule has 4 atom stereocenters. The first-order valence-corrected chi connectivity index (χ1v) is 14.4. The van der Waals surface area contributed by atoms with Gasteiger partial charge in [0.2, 0.25) is 11.8 Å². The number of phenolic OH excluding ortho intramolecular Hbond substituents is 1. The van der Waals surface area contributed by atoms with E-state index in [1.807, 2.05) is 24.3 Å². The van der Waals surface area contributed by atoms with E-state index in [1.54, 1.807) is 17.2 Å². The lowest BCUT2D eigenvalue weighted by Gasteiger charge is -2.31. The summed E-state index contributed by atoms with van der Waals surface area (Å²) in [5.74, 6) is -2.27. The molecule has 8 heteroatoms. The fourth-order valence-electron chi connectivity index (χ4n) is 7.27. The molecule has 210 valence electrons. The van der Waals surface area contributed by atoms with E-state index in [4.69, 9.17) is 4.74 Å². The van der Waals surface area contributed by atoms with E-state index in [0.717, 1.165) is 54.5 Å². The number of aliphatic hydroxyl groups excluding tert-OH is 1. The number of halogens is 1. The van der Waals surface area contributed by atoms with Crippen molar-refractivity contribution >= 4 is 23.5 Å². The third kappa shape index (κ3) is 4.88. The number of nitrogens with zero attached hydrogens (tertiary/aromatic N) is 2.